The second-order valence-electron chi connectivity index (χ2n) is 7.61. The highest BCUT2D eigenvalue weighted by Crippen LogP contribution is 2.31. The normalized spacial score (nSPS) is 17.1. The zero-order valence-corrected chi connectivity index (χ0v) is 17.6. The predicted octanol–water partition coefficient (Wildman–Crippen LogP) is 3.42. The van der Waals surface area contributed by atoms with E-state index in [4.69, 9.17) is 16.6 Å². The molecule has 4 N–H and O–H groups in total. The van der Waals surface area contributed by atoms with Crippen LogP contribution < -0.4 is 16.0 Å². The van der Waals surface area contributed by atoms with E-state index in [2.05, 4.69) is 42.0 Å². The summed E-state index contributed by atoms with van der Waals surface area (Å²) in [5, 5.41) is 11.4. The fraction of sp³-hybridized carbons (Fsp3) is 0.286. The molecule has 31 heavy (non-hydrogen) atoms. The van der Waals surface area contributed by atoms with Gasteiger partial charge >= 0.3 is 0 Å². The minimum absolute atomic E-state index is 0.0823. The van der Waals surface area contributed by atoms with Gasteiger partial charge in [-0.1, -0.05) is 23.7 Å². The Hall–Kier alpha value is -3.46. The van der Waals surface area contributed by atoms with Crippen molar-refractivity contribution in [2.45, 2.75) is 31.8 Å². The molecule has 10 heteroatoms. The number of rotatable bonds is 6. The van der Waals surface area contributed by atoms with Crippen molar-refractivity contribution in [2.75, 3.05) is 17.2 Å². The monoisotopic (exact) mass is 436 g/mol. The second-order valence-corrected chi connectivity index (χ2v) is 8.02. The molecular formula is C21H21ClN8O. The summed E-state index contributed by atoms with van der Waals surface area (Å²) in [6.45, 7) is 2.63. The van der Waals surface area contributed by atoms with Crippen LogP contribution in [0.25, 0.3) is 22.1 Å². The number of pyridine rings is 1. The van der Waals surface area contributed by atoms with Gasteiger partial charge in [-0.2, -0.15) is 0 Å². The number of hydrogen-bond acceptors (Lipinski definition) is 7. The molecule has 1 aromatic carbocycles. The minimum atomic E-state index is -0.127. The number of carbonyl (C=O) groups is 1. The molecule has 5 rings (SSSR count). The number of nitrogens with zero attached hydrogens (tertiary/aromatic N) is 4. The third-order valence-corrected chi connectivity index (χ3v) is 5.77. The van der Waals surface area contributed by atoms with E-state index in [0.29, 0.717) is 29.5 Å². The summed E-state index contributed by atoms with van der Waals surface area (Å²) in [5.41, 5.74) is 3.04. The van der Waals surface area contributed by atoms with Gasteiger partial charge in [0.2, 0.25) is 5.91 Å². The molecular weight excluding hydrogens is 416 g/mol. The third kappa shape index (κ3) is 3.84. The van der Waals surface area contributed by atoms with Crippen LogP contribution in [-0.2, 0) is 4.79 Å². The maximum atomic E-state index is 11.5. The lowest BCUT2D eigenvalue weighted by Gasteiger charge is -2.21. The van der Waals surface area contributed by atoms with Crippen LogP contribution in [0.5, 0.6) is 0 Å². The second kappa shape index (κ2) is 7.99. The average molecular weight is 437 g/mol. The molecule has 0 saturated carbocycles. The SMILES string of the molecule is C[C@H](Nc1ncnc2nc[nH]c12)c1cc2cccc(Cl)c2nc1NC[C@@H]1CCC(=O)N1. The first-order valence-corrected chi connectivity index (χ1v) is 10.5. The Kier molecular flexibility index (Phi) is 5.03. The Balaban J connectivity index is 1.49. The molecule has 4 aromatic rings. The number of nitrogens with one attached hydrogen (secondary N) is 4. The van der Waals surface area contributed by atoms with Gasteiger partial charge < -0.3 is 20.9 Å². The average Bonchev–Trinajstić information content (AvgIpc) is 3.41. The van der Waals surface area contributed by atoms with E-state index in [1.807, 2.05) is 25.1 Å². The smallest absolute Gasteiger partial charge is 0.220 e. The molecule has 0 spiro atoms. The number of imidazole rings is 1. The quantitative estimate of drug-likeness (QED) is 0.365. The number of halogens is 1. The number of anilines is 2. The predicted molar refractivity (Wildman–Crippen MR) is 120 cm³/mol. The van der Waals surface area contributed by atoms with E-state index >= 15 is 0 Å². The number of carbonyl (C=O) groups excluding carboxylic acids is 1. The standard InChI is InChI=1S/C21H21ClN8O/c1-11(28-21-18-20(25-9-24-18)26-10-27-21)14-7-12-3-2-4-15(22)17(12)30-19(14)23-8-13-5-6-16(31)29-13/h2-4,7,9-11,13H,5-6,8H2,1H3,(H,23,30)(H,29,31)(H2,24,25,26,27,28)/t11-,13-/m0/s1. The van der Waals surface area contributed by atoms with Crippen LogP contribution in [0, 0.1) is 0 Å². The summed E-state index contributed by atoms with van der Waals surface area (Å²) in [6, 6.07) is 7.76. The summed E-state index contributed by atoms with van der Waals surface area (Å²) in [6.07, 6.45) is 4.44. The summed E-state index contributed by atoms with van der Waals surface area (Å²) < 4.78 is 0. The maximum absolute atomic E-state index is 11.5. The van der Waals surface area contributed by atoms with E-state index in [9.17, 15) is 4.79 Å². The number of H-pyrrole nitrogens is 1. The van der Waals surface area contributed by atoms with Crippen molar-refractivity contribution in [2.24, 2.45) is 0 Å². The highest BCUT2D eigenvalue weighted by Gasteiger charge is 2.22. The highest BCUT2D eigenvalue weighted by atomic mass is 35.5. The van der Waals surface area contributed by atoms with Gasteiger partial charge in [0, 0.05) is 30.0 Å². The Morgan fingerprint density at radius 1 is 1.26 bits per heavy atom. The molecule has 158 valence electrons. The fourth-order valence-corrected chi connectivity index (χ4v) is 4.08. The molecule has 0 unspecified atom stereocenters. The maximum Gasteiger partial charge on any atom is 0.220 e. The largest absolute Gasteiger partial charge is 0.368 e. The van der Waals surface area contributed by atoms with E-state index in [1.54, 1.807) is 6.33 Å². The first-order valence-electron chi connectivity index (χ1n) is 10.1. The van der Waals surface area contributed by atoms with Gasteiger partial charge in [-0.25, -0.2) is 19.9 Å². The zero-order chi connectivity index (χ0) is 21.4. The molecule has 1 aliphatic rings. The third-order valence-electron chi connectivity index (χ3n) is 5.47. The van der Waals surface area contributed by atoms with Gasteiger partial charge in [0.1, 0.15) is 17.7 Å². The van der Waals surface area contributed by atoms with E-state index in [0.717, 1.165) is 34.2 Å². The molecule has 3 aromatic heterocycles. The lowest BCUT2D eigenvalue weighted by Crippen LogP contribution is -2.32. The van der Waals surface area contributed by atoms with Crippen molar-refractivity contribution < 1.29 is 4.79 Å². The molecule has 1 amide bonds. The topological polar surface area (TPSA) is 121 Å². The minimum Gasteiger partial charge on any atom is -0.368 e. The van der Waals surface area contributed by atoms with E-state index in [1.165, 1.54) is 6.33 Å². The number of amides is 1. The Morgan fingerprint density at radius 2 is 2.16 bits per heavy atom. The fourth-order valence-electron chi connectivity index (χ4n) is 3.86. The number of fused-ring (bicyclic) bond motifs is 2. The van der Waals surface area contributed by atoms with Crippen LogP contribution in [0.1, 0.15) is 31.4 Å². The molecule has 1 aliphatic heterocycles. The van der Waals surface area contributed by atoms with Crippen LogP contribution in [-0.4, -0.2) is 43.4 Å². The Labute approximate surface area is 183 Å². The van der Waals surface area contributed by atoms with Crippen molar-refractivity contribution in [3.63, 3.8) is 0 Å². The Bertz CT molecular complexity index is 1270. The number of aromatic nitrogens is 5. The number of aromatic amines is 1. The summed E-state index contributed by atoms with van der Waals surface area (Å²) in [7, 11) is 0. The van der Waals surface area contributed by atoms with Crippen LogP contribution in [0.4, 0.5) is 11.6 Å². The highest BCUT2D eigenvalue weighted by molar-refractivity contribution is 6.35. The number of benzene rings is 1. The summed E-state index contributed by atoms with van der Waals surface area (Å²) in [4.78, 5) is 32.2. The van der Waals surface area contributed by atoms with Crippen molar-refractivity contribution in [1.82, 2.24) is 30.2 Å². The van der Waals surface area contributed by atoms with Crippen LogP contribution in [0.3, 0.4) is 0 Å². The van der Waals surface area contributed by atoms with Crippen molar-refractivity contribution in [3.8, 4) is 0 Å². The molecule has 0 aliphatic carbocycles. The summed E-state index contributed by atoms with van der Waals surface area (Å²) >= 11 is 6.40. The van der Waals surface area contributed by atoms with Gasteiger partial charge in [0.05, 0.1) is 22.9 Å². The van der Waals surface area contributed by atoms with E-state index in [-0.39, 0.29) is 18.0 Å². The number of para-hydroxylation sites is 1. The molecule has 0 radical (unpaired) electrons. The number of hydrogen-bond donors (Lipinski definition) is 4. The Morgan fingerprint density at radius 3 is 3.00 bits per heavy atom. The zero-order valence-electron chi connectivity index (χ0n) is 16.8. The van der Waals surface area contributed by atoms with Crippen molar-refractivity contribution >= 4 is 51.2 Å². The molecule has 1 saturated heterocycles. The van der Waals surface area contributed by atoms with Gasteiger partial charge in [-0.3, -0.25) is 4.79 Å². The molecule has 4 heterocycles. The van der Waals surface area contributed by atoms with Gasteiger partial charge in [0.25, 0.3) is 0 Å². The van der Waals surface area contributed by atoms with Gasteiger partial charge in [-0.05, 0) is 25.5 Å². The molecule has 0 bridgehead atoms. The van der Waals surface area contributed by atoms with E-state index < -0.39 is 0 Å². The molecule has 1 fully saturated rings. The molecule has 9 nitrogen and oxygen atoms in total. The van der Waals surface area contributed by atoms with Gasteiger partial charge in [0.15, 0.2) is 11.5 Å². The van der Waals surface area contributed by atoms with Crippen LogP contribution >= 0.6 is 11.6 Å². The lowest BCUT2D eigenvalue weighted by atomic mass is 10.1. The molecule has 2 atom stereocenters. The summed E-state index contributed by atoms with van der Waals surface area (Å²) in [5.74, 6) is 1.47. The van der Waals surface area contributed by atoms with Crippen LogP contribution in [0.15, 0.2) is 36.9 Å². The van der Waals surface area contributed by atoms with Crippen LogP contribution in [0.2, 0.25) is 5.02 Å². The van der Waals surface area contributed by atoms with Gasteiger partial charge in [-0.15, -0.1) is 0 Å². The first kappa shape index (κ1) is 19.5. The van der Waals surface area contributed by atoms with Crippen molar-refractivity contribution in [1.29, 1.82) is 0 Å². The lowest BCUT2D eigenvalue weighted by molar-refractivity contribution is -0.119. The van der Waals surface area contributed by atoms with Crippen molar-refractivity contribution in [3.05, 3.63) is 47.5 Å². The first-order chi connectivity index (χ1) is 15.1.